The van der Waals surface area contributed by atoms with E-state index in [1.165, 1.54) is 0 Å². The Labute approximate surface area is 122 Å². The van der Waals surface area contributed by atoms with E-state index in [9.17, 15) is 0 Å². The molecule has 1 atom stereocenters. The van der Waals surface area contributed by atoms with E-state index >= 15 is 0 Å². The van der Waals surface area contributed by atoms with E-state index in [2.05, 4.69) is 22.4 Å². The molecule has 2 aromatic rings. The molecule has 1 N–H and O–H groups in total. The molecular formula is C14H16ClN3O2. The van der Waals surface area contributed by atoms with Gasteiger partial charge in [-0.05, 0) is 44.5 Å². The lowest BCUT2D eigenvalue weighted by Crippen LogP contribution is -2.33. The molecule has 0 bridgehead atoms. The zero-order valence-corrected chi connectivity index (χ0v) is 12.2. The van der Waals surface area contributed by atoms with Gasteiger partial charge >= 0.3 is 0 Å². The van der Waals surface area contributed by atoms with Gasteiger partial charge in [0.25, 0.3) is 0 Å². The number of hydrogen-bond donors (Lipinski definition) is 1. The minimum atomic E-state index is -0.231. The SMILES string of the molecule is COc1cc(Cl)ccc1-c1noc(C2(C)CCCN2)n1. The lowest BCUT2D eigenvalue weighted by molar-refractivity contribution is 0.275. The molecule has 1 unspecified atom stereocenters. The molecule has 1 aliphatic heterocycles. The molecule has 1 saturated heterocycles. The molecule has 6 heteroatoms. The third kappa shape index (κ3) is 2.27. The fourth-order valence-corrected chi connectivity index (χ4v) is 2.65. The number of rotatable bonds is 3. The Balaban J connectivity index is 1.98. The van der Waals surface area contributed by atoms with Gasteiger partial charge in [0.2, 0.25) is 11.7 Å². The molecule has 0 spiro atoms. The first-order valence-corrected chi connectivity index (χ1v) is 6.93. The molecule has 20 heavy (non-hydrogen) atoms. The molecule has 1 aromatic heterocycles. The summed E-state index contributed by atoms with van der Waals surface area (Å²) in [7, 11) is 1.59. The van der Waals surface area contributed by atoms with Crippen LogP contribution >= 0.6 is 11.6 Å². The lowest BCUT2D eigenvalue weighted by Gasteiger charge is -2.18. The fraction of sp³-hybridized carbons (Fsp3) is 0.429. The maximum Gasteiger partial charge on any atom is 0.246 e. The van der Waals surface area contributed by atoms with E-state index < -0.39 is 0 Å². The lowest BCUT2D eigenvalue weighted by atomic mass is 10.0. The van der Waals surface area contributed by atoms with Crippen LogP contribution in [-0.2, 0) is 5.54 Å². The van der Waals surface area contributed by atoms with Gasteiger partial charge in [-0.2, -0.15) is 4.98 Å². The largest absolute Gasteiger partial charge is 0.496 e. The summed E-state index contributed by atoms with van der Waals surface area (Å²) in [4.78, 5) is 4.51. The van der Waals surface area contributed by atoms with E-state index in [1.807, 2.05) is 6.07 Å². The van der Waals surface area contributed by atoms with Crippen molar-refractivity contribution in [1.29, 1.82) is 0 Å². The van der Waals surface area contributed by atoms with Gasteiger partial charge in [-0.1, -0.05) is 16.8 Å². The minimum Gasteiger partial charge on any atom is -0.496 e. The molecule has 0 aliphatic carbocycles. The second-order valence-corrected chi connectivity index (χ2v) is 5.57. The molecule has 2 heterocycles. The molecule has 5 nitrogen and oxygen atoms in total. The standard InChI is InChI=1S/C14H16ClN3O2/c1-14(6-3-7-16-14)13-17-12(18-20-13)10-5-4-9(15)8-11(10)19-2/h4-5,8,16H,3,6-7H2,1-2H3. The molecule has 1 aromatic carbocycles. The summed E-state index contributed by atoms with van der Waals surface area (Å²) in [6.45, 7) is 3.05. The predicted molar refractivity (Wildman–Crippen MR) is 75.9 cm³/mol. The summed E-state index contributed by atoms with van der Waals surface area (Å²) < 4.78 is 10.7. The van der Waals surface area contributed by atoms with Crippen LogP contribution in [0, 0.1) is 0 Å². The Morgan fingerprint density at radius 3 is 3.00 bits per heavy atom. The highest BCUT2D eigenvalue weighted by molar-refractivity contribution is 6.30. The van der Waals surface area contributed by atoms with Crippen molar-refractivity contribution < 1.29 is 9.26 Å². The van der Waals surface area contributed by atoms with E-state index in [1.54, 1.807) is 19.2 Å². The highest BCUT2D eigenvalue weighted by Gasteiger charge is 2.36. The number of hydrogen-bond acceptors (Lipinski definition) is 5. The molecular weight excluding hydrogens is 278 g/mol. The number of nitrogens with one attached hydrogen (secondary N) is 1. The number of nitrogens with zero attached hydrogens (tertiary/aromatic N) is 2. The smallest absolute Gasteiger partial charge is 0.246 e. The van der Waals surface area contributed by atoms with Crippen LogP contribution < -0.4 is 10.1 Å². The molecule has 0 saturated carbocycles. The van der Waals surface area contributed by atoms with Gasteiger partial charge in [0, 0.05) is 5.02 Å². The predicted octanol–water partition coefficient (Wildman–Crippen LogP) is 3.00. The van der Waals surface area contributed by atoms with Crippen molar-refractivity contribution in [3.05, 3.63) is 29.1 Å². The highest BCUT2D eigenvalue weighted by Crippen LogP contribution is 2.34. The number of aromatic nitrogens is 2. The van der Waals surface area contributed by atoms with Crippen molar-refractivity contribution in [2.24, 2.45) is 0 Å². The summed E-state index contributed by atoms with van der Waals surface area (Å²) in [5, 5.41) is 8.08. The van der Waals surface area contributed by atoms with Gasteiger partial charge in [0.1, 0.15) is 5.75 Å². The molecule has 3 rings (SSSR count). The van der Waals surface area contributed by atoms with Crippen LogP contribution in [0.2, 0.25) is 5.02 Å². The van der Waals surface area contributed by atoms with Gasteiger partial charge in [-0.15, -0.1) is 0 Å². The summed E-state index contributed by atoms with van der Waals surface area (Å²) in [6, 6.07) is 5.35. The Morgan fingerprint density at radius 2 is 2.30 bits per heavy atom. The van der Waals surface area contributed by atoms with Crippen molar-refractivity contribution in [3.8, 4) is 17.1 Å². The normalized spacial score (nSPS) is 22.1. The fourth-order valence-electron chi connectivity index (χ4n) is 2.48. The average molecular weight is 294 g/mol. The van der Waals surface area contributed by atoms with E-state index in [0.29, 0.717) is 22.5 Å². The first kappa shape index (κ1) is 13.4. The monoisotopic (exact) mass is 293 g/mol. The molecule has 1 fully saturated rings. The van der Waals surface area contributed by atoms with Crippen LogP contribution in [0.5, 0.6) is 5.75 Å². The Hall–Kier alpha value is -1.59. The summed E-state index contributed by atoms with van der Waals surface area (Å²) in [5.74, 6) is 1.76. The number of halogens is 1. The average Bonchev–Trinajstić information content (AvgIpc) is 3.08. The second-order valence-electron chi connectivity index (χ2n) is 5.13. The Bertz CT molecular complexity index is 621. The molecule has 0 amide bonds. The van der Waals surface area contributed by atoms with Crippen molar-refractivity contribution in [3.63, 3.8) is 0 Å². The van der Waals surface area contributed by atoms with Crippen LogP contribution in [-0.4, -0.2) is 23.8 Å². The number of benzene rings is 1. The van der Waals surface area contributed by atoms with E-state index in [-0.39, 0.29) is 5.54 Å². The first-order chi connectivity index (χ1) is 9.62. The quantitative estimate of drug-likeness (QED) is 0.942. The summed E-state index contributed by atoms with van der Waals surface area (Å²) >= 11 is 5.96. The second kappa shape index (κ2) is 5.07. The maximum absolute atomic E-state index is 5.96. The zero-order valence-electron chi connectivity index (χ0n) is 11.4. The molecule has 106 valence electrons. The van der Waals surface area contributed by atoms with Crippen LogP contribution in [0.4, 0.5) is 0 Å². The topological polar surface area (TPSA) is 60.2 Å². The van der Waals surface area contributed by atoms with Crippen LogP contribution in [0.1, 0.15) is 25.7 Å². The van der Waals surface area contributed by atoms with Gasteiger partial charge in [0.15, 0.2) is 0 Å². The van der Waals surface area contributed by atoms with Crippen LogP contribution in [0.15, 0.2) is 22.7 Å². The van der Waals surface area contributed by atoms with E-state index in [0.717, 1.165) is 24.9 Å². The van der Waals surface area contributed by atoms with Crippen LogP contribution in [0.3, 0.4) is 0 Å². The van der Waals surface area contributed by atoms with Crippen molar-refractivity contribution in [1.82, 2.24) is 15.5 Å². The first-order valence-electron chi connectivity index (χ1n) is 6.55. The summed E-state index contributed by atoms with van der Waals surface area (Å²) in [6.07, 6.45) is 2.10. The molecule has 1 aliphatic rings. The minimum absolute atomic E-state index is 0.231. The van der Waals surface area contributed by atoms with Crippen molar-refractivity contribution >= 4 is 11.6 Å². The van der Waals surface area contributed by atoms with Gasteiger partial charge in [-0.25, -0.2) is 0 Å². The van der Waals surface area contributed by atoms with E-state index in [4.69, 9.17) is 20.9 Å². The molecule has 0 radical (unpaired) electrons. The highest BCUT2D eigenvalue weighted by atomic mass is 35.5. The zero-order chi connectivity index (χ0) is 14.2. The third-order valence-electron chi connectivity index (χ3n) is 3.67. The van der Waals surface area contributed by atoms with Crippen LogP contribution in [0.25, 0.3) is 11.4 Å². The maximum atomic E-state index is 5.96. The van der Waals surface area contributed by atoms with Crippen molar-refractivity contribution in [2.75, 3.05) is 13.7 Å². The Kier molecular flexibility index (Phi) is 3.40. The van der Waals surface area contributed by atoms with Gasteiger partial charge in [-0.3, -0.25) is 0 Å². The van der Waals surface area contributed by atoms with Gasteiger partial charge in [0.05, 0.1) is 18.2 Å². The third-order valence-corrected chi connectivity index (χ3v) is 3.91. The van der Waals surface area contributed by atoms with Gasteiger partial charge < -0.3 is 14.6 Å². The Morgan fingerprint density at radius 1 is 1.45 bits per heavy atom. The summed E-state index contributed by atoms with van der Waals surface area (Å²) in [5.41, 5.74) is 0.541. The number of ether oxygens (including phenoxy) is 1. The van der Waals surface area contributed by atoms with Crippen molar-refractivity contribution in [2.45, 2.75) is 25.3 Å². The number of methoxy groups -OCH3 is 1.